The Labute approximate surface area is 198 Å². The number of hydrogen-bond donors (Lipinski definition) is 3. The Kier molecular flexibility index (Phi) is 8.56. The van der Waals surface area contributed by atoms with Gasteiger partial charge in [-0.05, 0) is 51.2 Å². The third-order valence-electron chi connectivity index (χ3n) is 5.42. The minimum Gasteiger partial charge on any atom is -0.490 e. The van der Waals surface area contributed by atoms with E-state index in [1.165, 1.54) is 28.0 Å². The predicted molar refractivity (Wildman–Crippen MR) is 123 cm³/mol. The molecule has 3 N–H and O–H groups in total. The molecule has 0 atom stereocenters. The number of carbonyl (C=O) groups excluding carboxylic acids is 2. The zero-order valence-corrected chi connectivity index (χ0v) is 19.9. The normalized spacial score (nSPS) is 15.2. The molecule has 1 aromatic carbocycles. The van der Waals surface area contributed by atoms with Crippen molar-refractivity contribution in [3.8, 4) is 5.75 Å². The number of piperidine rings is 1. The van der Waals surface area contributed by atoms with Crippen molar-refractivity contribution in [3.63, 3.8) is 0 Å². The molecule has 11 nitrogen and oxygen atoms in total. The summed E-state index contributed by atoms with van der Waals surface area (Å²) < 4.78 is 34.0. The highest BCUT2D eigenvalue weighted by atomic mass is 32.2. The van der Waals surface area contributed by atoms with Gasteiger partial charge in [0, 0.05) is 38.6 Å². The zero-order chi connectivity index (χ0) is 24.7. The maximum absolute atomic E-state index is 13.4. The van der Waals surface area contributed by atoms with Crippen molar-refractivity contribution in [3.05, 3.63) is 53.9 Å². The molecular weight excluding hydrogens is 462 g/mol. The Bertz CT molecular complexity index is 1100. The van der Waals surface area contributed by atoms with Crippen molar-refractivity contribution in [1.82, 2.24) is 25.0 Å². The number of hydroxylamine groups is 1. The number of sulfonamides is 1. The summed E-state index contributed by atoms with van der Waals surface area (Å²) in [5, 5.41) is 11.9. The number of rotatable bonds is 9. The molecule has 0 bridgehead atoms. The smallest absolute Gasteiger partial charge is 0.276 e. The van der Waals surface area contributed by atoms with E-state index in [9.17, 15) is 23.2 Å². The number of benzene rings is 1. The van der Waals surface area contributed by atoms with Crippen LogP contribution in [-0.2, 0) is 10.0 Å². The summed E-state index contributed by atoms with van der Waals surface area (Å²) in [6.07, 6.45) is 3.98. The number of ether oxygens (including phenoxy) is 1. The molecule has 12 heteroatoms. The molecule has 0 aliphatic carbocycles. The summed E-state index contributed by atoms with van der Waals surface area (Å²) in [6, 6.07) is 7.48. The van der Waals surface area contributed by atoms with Crippen LogP contribution in [0.1, 0.15) is 33.6 Å². The largest absolute Gasteiger partial charge is 0.490 e. The van der Waals surface area contributed by atoms with Gasteiger partial charge in [-0.25, -0.2) is 13.9 Å². The molecule has 2 heterocycles. The average Bonchev–Trinajstić information content (AvgIpc) is 2.83. The molecular formula is C22H29N5O6S. The minimum absolute atomic E-state index is 0.137. The molecule has 1 aliphatic heterocycles. The first-order valence-electron chi connectivity index (χ1n) is 10.8. The number of hydrogen-bond acceptors (Lipinski definition) is 8. The summed E-state index contributed by atoms with van der Waals surface area (Å²) in [5.41, 5.74) is 0.928. The first-order chi connectivity index (χ1) is 16.2. The van der Waals surface area contributed by atoms with E-state index in [1.54, 1.807) is 24.5 Å². The minimum atomic E-state index is -4.13. The van der Waals surface area contributed by atoms with Gasteiger partial charge in [-0.2, -0.15) is 4.31 Å². The number of carbonyl (C=O) groups is 2. The van der Waals surface area contributed by atoms with E-state index in [-0.39, 0.29) is 29.7 Å². The summed E-state index contributed by atoms with van der Waals surface area (Å²) in [4.78, 5) is 30.7. The summed E-state index contributed by atoms with van der Waals surface area (Å²) >= 11 is 0. The lowest BCUT2D eigenvalue weighted by molar-refractivity contribution is 0.0697. The third kappa shape index (κ3) is 6.08. The Balaban J connectivity index is 1.80. The predicted octanol–water partition coefficient (Wildman–Crippen LogP) is 0.724. The van der Waals surface area contributed by atoms with Gasteiger partial charge in [0.25, 0.3) is 11.8 Å². The van der Waals surface area contributed by atoms with E-state index < -0.39 is 27.4 Å². The second-order valence-corrected chi connectivity index (χ2v) is 9.99. The molecule has 184 valence electrons. The number of likely N-dealkylation sites (N-methyl/N-ethyl adjacent to an activating group) is 1. The standard InChI is InChI=1S/C22H29N5O6S/c1-26(2)15-12-24-21(28)18-4-3-5-19(20(18)22(29)25-30)34(31,32)27-13-8-17(9-14-27)33-16-6-10-23-11-7-16/h3-7,10-11,17,30H,8-9,12-15H2,1-2H3,(H,24,28)(H,25,29). The SMILES string of the molecule is CN(C)CCNC(=O)c1cccc(S(=O)(=O)N2CCC(Oc3ccncc3)CC2)c1C(=O)NO. The van der Waals surface area contributed by atoms with Crippen LogP contribution in [0, 0.1) is 0 Å². The van der Waals surface area contributed by atoms with Gasteiger partial charge in [-0.1, -0.05) is 6.07 Å². The fraction of sp³-hybridized carbons (Fsp3) is 0.409. The summed E-state index contributed by atoms with van der Waals surface area (Å²) in [7, 11) is -0.441. The maximum atomic E-state index is 13.4. The molecule has 0 saturated carbocycles. The molecule has 1 aromatic heterocycles. The van der Waals surface area contributed by atoms with E-state index in [4.69, 9.17) is 4.74 Å². The Morgan fingerprint density at radius 2 is 1.82 bits per heavy atom. The highest BCUT2D eigenvalue weighted by molar-refractivity contribution is 7.89. The first kappa shape index (κ1) is 25.6. The van der Waals surface area contributed by atoms with Crippen molar-refractivity contribution < 1.29 is 28.0 Å². The quantitative estimate of drug-likeness (QED) is 0.344. The van der Waals surface area contributed by atoms with Crippen LogP contribution in [0.5, 0.6) is 5.75 Å². The second kappa shape index (κ2) is 11.4. The number of nitrogens with zero attached hydrogens (tertiary/aromatic N) is 3. The lowest BCUT2D eigenvalue weighted by Crippen LogP contribution is -2.42. The van der Waals surface area contributed by atoms with Crippen LogP contribution in [-0.4, -0.2) is 86.0 Å². The zero-order valence-electron chi connectivity index (χ0n) is 19.1. The fourth-order valence-corrected chi connectivity index (χ4v) is 5.33. The highest BCUT2D eigenvalue weighted by Crippen LogP contribution is 2.27. The van der Waals surface area contributed by atoms with Gasteiger partial charge in [0.2, 0.25) is 10.0 Å². The van der Waals surface area contributed by atoms with Crippen LogP contribution in [0.4, 0.5) is 0 Å². The van der Waals surface area contributed by atoms with Gasteiger partial charge < -0.3 is 15.0 Å². The van der Waals surface area contributed by atoms with Gasteiger partial charge in [0.1, 0.15) is 11.9 Å². The molecule has 2 aromatic rings. The lowest BCUT2D eigenvalue weighted by atomic mass is 10.1. The average molecular weight is 492 g/mol. The number of aromatic nitrogens is 1. The Hall–Kier alpha value is -3.06. The van der Waals surface area contributed by atoms with Crippen molar-refractivity contribution in [2.45, 2.75) is 23.8 Å². The third-order valence-corrected chi connectivity index (χ3v) is 7.36. The number of nitrogens with one attached hydrogen (secondary N) is 2. The van der Waals surface area contributed by atoms with Crippen molar-refractivity contribution in [1.29, 1.82) is 0 Å². The molecule has 0 spiro atoms. The van der Waals surface area contributed by atoms with Gasteiger partial charge in [0.15, 0.2) is 0 Å². The van der Waals surface area contributed by atoms with Gasteiger partial charge >= 0.3 is 0 Å². The Morgan fingerprint density at radius 3 is 2.44 bits per heavy atom. The number of pyridine rings is 1. The van der Waals surface area contributed by atoms with Gasteiger partial charge in [-0.3, -0.25) is 19.8 Å². The van der Waals surface area contributed by atoms with E-state index in [2.05, 4.69) is 10.3 Å². The van der Waals surface area contributed by atoms with Gasteiger partial charge in [0.05, 0.1) is 16.0 Å². The van der Waals surface area contributed by atoms with Gasteiger partial charge in [-0.15, -0.1) is 0 Å². The van der Waals surface area contributed by atoms with E-state index in [0.29, 0.717) is 31.7 Å². The monoisotopic (exact) mass is 491 g/mol. The molecule has 0 unspecified atom stereocenters. The molecule has 34 heavy (non-hydrogen) atoms. The molecule has 3 rings (SSSR count). The molecule has 1 fully saturated rings. The van der Waals surface area contributed by atoms with Crippen LogP contribution >= 0.6 is 0 Å². The van der Waals surface area contributed by atoms with Crippen LogP contribution < -0.4 is 15.5 Å². The molecule has 0 radical (unpaired) electrons. The van der Waals surface area contributed by atoms with E-state index in [1.807, 2.05) is 19.0 Å². The molecule has 2 amide bonds. The van der Waals surface area contributed by atoms with Crippen LogP contribution in [0.3, 0.4) is 0 Å². The van der Waals surface area contributed by atoms with Crippen molar-refractivity contribution >= 4 is 21.8 Å². The highest BCUT2D eigenvalue weighted by Gasteiger charge is 2.34. The van der Waals surface area contributed by atoms with E-state index in [0.717, 1.165) is 0 Å². The topological polar surface area (TPSA) is 141 Å². The Morgan fingerprint density at radius 1 is 1.15 bits per heavy atom. The molecule has 1 aliphatic rings. The van der Waals surface area contributed by atoms with E-state index >= 15 is 0 Å². The second-order valence-electron chi connectivity index (χ2n) is 8.08. The first-order valence-corrected chi connectivity index (χ1v) is 12.2. The fourth-order valence-electron chi connectivity index (χ4n) is 3.65. The van der Waals surface area contributed by atoms with Crippen molar-refractivity contribution in [2.75, 3.05) is 40.3 Å². The maximum Gasteiger partial charge on any atom is 0.276 e. The van der Waals surface area contributed by atoms with Crippen molar-refractivity contribution in [2.24, 2.45) is 0 Å². The van der Waals surface area contributed by atoms with Crippen LogP contribution in [0.2, 0.25) is 0 Å². The number of amides is 2. The lowest BCUT2D eigenvalue weighted by Gasteiger charge is -2.32. The van der Waals surface area contributed by atoms with Crippen LogP contribution in [0.25, 0.3) is 0 Å². The summed E-state index contributed by atoms with van der Waals surface area (Å²) in [5.74, 6) is -1.03. The van der Waals surface area contributed by atoms with Crippen LogP contribution in [0.15, 0.2) is 47.6 Å². The molecule has 1 saturated heterocycles. The summed E-state index contributed by atoms with van der Waals surface area (Å²) in [6.45, 7) is 1.21.